The van der Waals surface area contributed by atoms with E-state index in [1.165, 1.54) is 17.7 Å². The molecule has 132 valence electrons. The number of hydrogen-bond acceptors (Lipinski definition) is 4. The Labute approximate surface area is 147 Å². The molecule has 0 aliphatic carbocycles. The minimum atomic E-state index is -0.443. The number of ether oxygens (including phenoxy) is 1. The summed E-state index contributed by atoms with van der Waals surface area (Å²) in [6, 6.07) is 10.6. The summed E-state index contributed by atoms with van der Waals surface area (Å²) in [5.41, 5.74) is 3.95. The average molecular weight is 342 g/mol. The Hall–Kier alpha value is -2.89. The first-order chi connectivity index (χ1) is 11.8. The van der Waals surface area contributed by atoms with E-state index in [0.717, 1.165) is 11.1 Å². The number of nitrogens with zero attached hydrogens (tertiary/aromatic N) is 2. The molecule has 0 spiro atoms. The molecule has 0 saturated heterocycles. The molecule has 0 atom stereocenters. The van der Waals surface area contributed by atoms with E-state index >= 15 is 0 Å². The van der Waals surface area contributed by atoms with Crippen molar-refractivity contribution in [3.05, 3.63) is 68.8 Å². The van der Waals surface area contributed by atoms with Crippen molar-refractivity contribution >= 4 is 11.6 Å². The summed E-state index contributed by atoms with van der Waals surface area (Å²) in [4.78, 5) is 24.2. The van der Waals surface area contributed by atoms with Gasteiger partial charge >= 0.3 is 0 Å². The van der Waals surface area contributed by atoms with Crippen LogP contribution >= 0.6 is 0 Å². The summed E-state index contributed by atoms with van der Waals surface area (Å²) >= 11 is 0. The minimum absolute atomic E-state index is 0.0330. The lowest BCUT2D eigenvalue weighted by Crippen LogP contribution is -2.31. The van der Waals surface area contributed by atoms with Crippen molar-refractivity contribution in [2.45, 2.75) is 27.3 Å². The lowest BCUT2D eigenvalue weighted by molar-refractivity contribution is -0.385. The van der Waals surface area contributed by atoms with Gasteiger partial charge in [-0.15, -0.1) is 0 Å². The van der Waals surface area contributed by atoms with Crippen LogP contribution in [0, 0.1) is 30.9 Å². The van der Waals surface area contributed by atoms with Crippen molar-refractivity contribution < 1.29 is 14.5 Å². The Morgan fingerprint density at radius 2 is 1.84 bits per heavy atom. The van der Waals surface area contributed by atoms with Crippen molar-refractivity contribution in [2.75, 3.05) is 13.7 Å². The van der Waals surface area contributed by atoms with Crippen LogP contribution in [0.4, 0.5) is 5.69 Å². The number of carbonyl (C=O) groups is 1. The summed E-state index contributed by atoms with van der Waals surface area (Å²) in [6.07, 6.45) is 0. The van der Waals surface area contributed by atoms with Crippen LogP contribution in [0.15, 0.2) is 36.4 Å². The second-order valence-electron chi connectivity index (χ2n) is 6.17. The molecule has 1 amide bonds. The molecule has 0 saturated carbocycles. The topological polar surface area (TPSA) is 72.7 Å². The van der Waals surface area contributed by atoms with Crippen molar-refractivity contribution in [3.63, 3.8) is 0 Å². The second-order valence-corrected chi connectivity index (χ2v) is 6.17. The zero-order valence-electron chi connectivity index (χ0n) is 14.9. The maximum Gasteiger partial charge on any atom is 0.272 e. The van der Waals surface area contributed by atoms with Gasteiger partial charge in [-0.1, -0.05) is 23.8 Å². The molecule has 0 aliphatic heterocycles. The molecule has 0 heterocycles. The molecule has 0 aliphatic rings. The van der Waals surface area contributed by atoms with Crippen LogP contribution < -0.4 is 4.74 Å². The molecule has 2 aromatic carbocycles. The zero-order chi connectivity index (χ0) is 18.6. The first kappa shape index (κ1) is 18.4. The van der Waals surface area contributed by atoms with Gasteiger partial charge < -0.3 is 9.64 Å². The maximum absolute atomic E-state index is 12.3. The Morgan fingerprint density at radius 1 is 1.12 bits per heavy atom. The largest absolute Gasteiger partial charge is 0.484 e. The summed E-state index contributed by atoms with van der Waals surface area (Å²) in [5, 5.41) is 10.8. The van der Waals surface area contributed by atoms with E-state index in [0.29, 0.717) is 17.9 Å². The molecule has 0 unspecified atom stereocenters. The lowest BCUT2D eigenvalue weighted by Gasteiger charge is -2.19. The number of benzene rings is 2. The smallest absolute Gasteiger partial charge is 0.272 e. The molecule has 2 aromatic rings. The van der Waals surface area contributed by atoms with E-state index in [9.17, 15) is 14.9 Å². The third kappa shape index (κ3) is 4.79. The molecule has 0 aromatic heterocycles. The summed E-state index contributed by atoms with van der Waals surface area (Å²) in [5.74, 6) is 0.285. The van der Waals surface area contributed by atoms with Crippen LogP contribution in [0.1, 0.15) is 22.3 Å². The fourth-order valence-electron chi connectivity index (χ4n) is 2.54. The number of aryl methyl sites for hydroxylation is 3. The lowest BCUT2D eigenvalue weighted by atomic mass is 10.1. The highest BCUT2D eigenvalue weighted by atomic mass is 16.6. The van der Waals surface area contributed by atoms with Crippen molar-refractivity contribution in [2.24, 2.45) is 0 Å². The van der Waals surface area contributed by atoms with E-state index in [1.54, 1.807) is 24.9 Å². The molecule has 0 fully saturated rings. The predicted molar refractivity (Wildman–Crippen MR) is 95.7 cm³/mol. The van der Waals surface area contributed by atoms with E-state index in [4.69, 9.17) is 4.74 Å². The van der Waals surface area contributed by atoms with Crippen LogP contribution in [-0.4, -0.2) is 29.4 Å². The molecule has 6 heteroatoms. The van der Waals surface area contributed by atoms with E-state index in [-0.39, 0.29) is 18.2 Å². The Balaban J connectivity index is 1.95. The molecular weight excluding hydrogens is 320 g/mol. The summed E-state index contributed by atoms with van der Waals surface area (Å²) < 4.78 is 5.48. The number of nitro benzene ring substituents is 1. The fraction of sp³-hybridized carbons (Fsp3) is 0.316. The minimum Gasteiger partial charge on any atom is -0.484 e. The first-order valence-corrected chi connectivity index (χ1v) is 7.96. The average Bonchev–Trinajstić information content (AvgIpc) is 2.54. The molecule has 0 bridgehead atoms. The van der Waals surface area contributed by atoms with Crippen molar-refractivity contribution in [1.29, 1.82) is 0 Å². The molecule has 6 nitrogen and oxygen atoms in total. The van der Waals surface area contributed by atoms with Gasteiger partial charge in [-0.2, -0.15) is 0 Å². The van der Waals surface area contributed by atoms with Crippen LogP contribution in [0.2, 0.25) is 0 Å². The quantitative estimate of drug-likeness (QED) is 0.594. The van der Waals surface area contributed by atoms with Crippen molar-refractivity contribution in [1.82, 2.24) is 4.90 Å². The Bertz CT molecular complexity index is 802. The molecular formula is C19H22N2O4. The van der Waals surface area contributed by atoms with Gasteiger partial charge in [-0.3, -0.25) is 14.9 Å². The third-order valence-corrected chi connectivity index (χ3v) is 4.06. The number of likely N-dealkylation sites (N-methyl/N-ethyl adjacent to an activating group) is 1. The number of rotatable bonds is 6. The van der Waals surface area contributed by atoms with Crippen LogP contribution in [0.25, 0.3) is 0 Å². The van der Waals surface area contributed by atoms with E-state index in [1.807, 2.05) is 26.0 Å². The summed E-state index contributed by atoms with van der Waals surface area (Å²) in [6.45, 7) is 6.09. The number of carbonyl (C=O) groups excluding carboxylic acids is 1. The normalized spacial score (nSPS) is 10.4. The highest BCUT2D eigenvalue weighted by Crippen LogP contribution is 2.23. The molecule has 0 radical (unpaired) electrons. The number of hydrogen-bond donors (Lipinski definition) is 0. The zero-order valence-corrected chi connectivity index (χ0v) is 14.9. The monoisotopic (exact) mass is 342 g/mol. The molecule has 2 rings (SSSR count). The van der Waals surface area contributed by atoms with E-state index in [2.05, 4.69) is 6.07 Å². The maximum atomic E-state index is 12.3. The van der Waals surface area contributed by atoms with Gasteiger partial charge in [-0.05, 0) is 44.0 Å². The van der Waals surface area contributed by atoms with Gasteiger partial charge in [0.05, 0.1) is 4.92 Å². The van der Waals surface area contributed by atoms with Crippen molar-refractivity contribution in [3.8, 4) is 5.75 Å². The van der Waals surface area contributed by atoms with Crippen LogP contribution in [0.5, 0.6) is 5.75 Å². The van der Waals surface area contributed by atoms with Gasteiger partial charge in [0.15, 0.2) is 6.61 Å². The molecule has 0 N–H and O–H groups in total. The third-order valence-electron chi connectivity index (χ3n) is 4.06. The standard InChI is InChI=1S/C19H22N2O4/c1-13-5-6-16(14(2)9-13)11-20(4)19(22)12-25-17-7-8-18(21(23)24)15(3)10-17/h5-10H,11-12H2,1-4H3. The van der Waals surface area contributed by atoms with Crippen LogP contribution in [-0.2, 0) is 11.3 Å². The van der Waals surface area contributed by atoms with Gasteiger partial charge in [0.1, 0.15) is 5.75 Å². The van der Waals surface area contributed by atoms with Gasteiger partial charge in [0, 0.05) is 25.2 Å². The fourth-order valence-corrected chi connectivity index (χ4v) is 2.54. The second kappa shape index (κ2) is 7.79. The number of amides is 1. The SMILES string of the molecule is Cc1ccc(CN(C)C(=O)COc2ccc([N+](=O)[O-])c(C)c2)c(C)c1. The van der Waals surface area contributed by atoms with Gasteiger partial charge in [0.2, 0.25) is 0 Å². The van der Waals surface area contributed by atoms with Gasteiger partial charge in [-0.25, -0.2) is 0 Å². The Morgan fingerprint density at radius 3 is 2.44 bits per heavy atom. The Kier molecular flexibility index (Phi) is 5.75. The first-order valence-electron chi connectivity index (χ1n) is 7.96. The highest BCUT2D eigenvalue weighted by Gasteiger charge is 2.14. The summed E-state index contributed by atoms with van der Waals surface area (Å²) in [7, 11) is 1.73. The number of nitro groups is 1. The van der Waals surface area contributed by atoms with Gasteiger partial charge in [0.25, 0.3) is 11.6 Å². The van der Waals surface area contributed by atoms with Crippen LogP contribution in [0.3, 0.4) is 0 Å². The van der Waals surface area contributed by atoms with E-state index < -0.39 is 4.92 Å². The molecule has 25 heavy (non-hydrogen) atoms. The predicted octanol–water partition coefficient (Wildman–Crippen LogP) is 3.56. The highest BCUT2D eigenvalue weighted by molar-refractivity contribution is 5.77.